The molecule has 1 amide bonds. The summed E-state index contributed by atoms with van der Waals surface area (Å²) in [6, 6.07) is 3.91. The molecule has 0 aromatic carbocycles. The van der Waals surface area contributed by atoms with Crippen LogP contribution < -0.4 is 0 Å². The summed E-state index contributed by atoms with van der Waals surface area (Å²) in [5.74, 6) is 0.818. The van der Waals surface area contributed by atoms with Gasteiger partial charge in [-0.3, -0.25) is 9.69 Å². The molecule has 2 aromatic rings. The minimum atomic E-state index is 0.148. The van der Waals surface area contributed by atoms with Gasteiger partial charge in [0, 0.05) is 38.4 Å². The molecule has 2 aliphatic heterocycles. The number of imidazole rings is 1. The molecule has 2 aromatic heterocycles. The number of hydrogen-bond acceptors (Lipinski definition) is 4. The second kappa shape index (κ2) is 7.60. The molecule has 0 saturated carbocycles. The maximum Gasteiger partial charge on any atom is 0.255 e. The van der Waals surface area contributed by atoms with Gasteiger partial charge in [0.1, 0.15) is 0 Å². The van der Waals surface area contributed by atoms with Crippen LogP contribution in [0.5, 0.6) is 0 Å². The summed E-state index contributed by atoms with van der Waals surface area (Å²) in [7, 11) is 0. The van der Waals surface area contributed by atoms with Crippen molar-refractivity contribution >= 4 is 11.4 Å². The molecule has 0 aliphatic carbocycles. The maximum atomic E-state index is 13.0. The minimum absolute atomic E-state index is 0.148. The average Bonchev–Trinajstić information content (AvgIpc) is 3.11. The van der Waals surface area contributed by atoms with Crippen LogP contribution in [0.15, 0.2) is 24.7 Å². The van der Waals surface area contributed by atoms with Gasteiger partial charge in [0.2, 0.25) is 0 Å². The fraction of sp³-hybridized carbons (Fsp3) is 0.619. The Hall–Kier alpha value is -1.92. The fourth-order valence-corrected chi connectivity index (χ4v) is 4.64. The average molecular weight is 370 g/mol. The van der Waals surface area contributed by atoms with E-state index in [0.29, 0.717) is 18.1 Å². The SMILES string of the molecule is Cc1c(C(=O)N2CCC(CN3C[C@@H](C)O[C@@H](C)C3)CC2)ccc2cncn12. The van der Waals surface area contributed by atoms with Crippen LogP contribution in [0.25, 0.3) is 5.52 Å². The number of amides is 1. The first-order valence-corrected chi connectivity index (χ1v) is 10.1. The Balaban J connectivity index is 1.35. The molecule has 0 radical (unpaired) electrons. The van der Waals surface area contributed by atoms with Crippen molar-refractivity contribution in [3.8, 4) is 0 Å². The molecule has 6 heteroatoms. The van der Waals surface area contributed by atoms with Gasteiger partial charge in [-0.1, -0.05) is 0 Å². The van der Waals surface area contributed by atoms with E-state index in [9.17, 15) is 4.79 Å². The number of aromatic nitrogens is 2. The van der Waals surface area contributed by atoms with Crippen LogP contribution in [0.4, 0.5) is 0 Å². The summed E-state index contributed by atoms with van der Waals surface area (Å²) < 4.78 is 7.82. The number of fused-ring (bicyclic) bond motifs is 1. The van der Waals surface area contributed by atoms with Gasteiger partial charge in [0.05, 0.1) is 35.8 Å². The summed E-state index contributed by atoms with van der Waals surface area (Å²) in [5, 5.41) is 0. The van der Waals surface area contributed by atoms with Crippen LogP contribution in [0.3, 0.4) is 0 Å². The van der Waals surface area contributed by atoms with Crippen molar-refractivity contribution in [1.82, 2.24) is 19.2 Å². The Labute approximate surface area is 161 Å². The van der Waals surface area contributed by atoms with Gasteiger partial charge in [0.25, 0.3) is 5.91 Å². The van der Waals surface area contributed by atoms with E-state index in [4.69, 9.17) is 4.74 Å². The number of piperidine rings is 1. The highest BCUT2D eigenvalue weighted by molar-refractivity contribution is 5.95. The lowest BCUT2D eigenvalue weighted by Gasteiger charge is -2.39. The Morgan fingerprint density at radius 1 is 1.19 bits per heavy atom. The highest BCUT2D eigenvalue weighted by Gasteiger charge is 2.28. The molecule has 4 heterocycles. The third kappa shape index (κ3) is 3.87. The van der Waals surface area contributed by atoms with E-state index in [-0.39, 0.29) is 5.91 Å². The third-order valence-electron chi connectivity index (χ3n) is 5.98. The second-order valence-corrected chi connectivity index (χ2v) is 8.23. The molecule has 2 saturated heterocycles. The lowest BCUT2D eigenvalue weighted by molar-refractivity contribution is -0.0728. The first kappa shape index (κ1) is 18.4. The van der Waals surface area contributed by atoms with E-state index in [2.05, 4.69) is 23.7 Å². The molecule has 2 fully saturated rings. The Kier molecular flexibility index (Phi) is 5.19. The monoisotopic (exact) mass is 370 g/mol. The predicted molar refractivity (Wildman–Crippen MR) is 105 cm³/mol. The van der Waals surface area contributed by atoms with Gasteiger partial charge in [0.15, 0.2) is 0 Å². The zero-order valence-corrected chi connectivity index (χ0v) is 16.6. The Bertz CT molecular complexity index is 800. The second-order valence-electron chi connectivity index (χ2n) is 8.23. The van der Waals surface area contributed by atoms with E-state index in [1.807, 2.05) is 34.6 Å². The topological polar surface area (TPSA) is 50.1 Å². The summed E-state index contributed by atoms with van der Waals surface area (Å²) in [6.45, 7) is 11.2. The molecular formula is C21H30N4O2. The standard InChI is InChI=1S/C21H30N4O2/c1-15-11-23(12-16(2)27-15)13-18-6-8-24(9-7-18)21(26)20-5-4-19-10-22-14-25(19)17(20)3/h4-5,10,14-16,18H,6-9,11-13H2,1-3H3/t15-,16+. The van der Waals surface area contributed by atoms with Crippen LogP contribution in [0.2, 0.25) is 0 Å². The number of rotatable bonds is 3. The smallest absolute Gasteiger partial charge is 0.255 e. The first-order chi connectivity index (χ1) is 13.0. The lowest BCUT2D eigenvalue weighted by atomic mass is 9.95. The van der Waals surface area contributed by atoms with Crippen molar-refractivity contribution in [2.75, 3.05) is 32.7 Å². The molecule has 0 N–H and O–H groups in total. The fourth-order valence-electron chi connectivity index (χ4n) is 4.64. The summed E-state index contributed by atoms with van der Waals surface area (Å²) in [6.07, 6.45) is 6.39. The predicted octanol–water partition coefficient (Wildman–Crippen LogP) is 2.60. The van der Waals surface area contributed by atoms with E-state index in [1.54, 1.807) is 6.33 Å². The zero-order valence-electron chi connectivity index (χ0n) is 16.6. The number of morpholine rings is 1. The van der Waals surface area contributed by atoms with Crippen molar-refractivity contribution < 1.29 is 9.53 Å². The van der Waals surface area contributed by atoms with Crippen molar-refractivity contribution in [2.24, 2.45) is 5.92 Å². The number of ether oxygens (including phenoxy) is 1. The quantitative estimate of drug-likeness (QED) is 0.833. The van der Waals surface area contributed by atoms with E-state index < -0.39 is 0 Å². The molecule has 6 nitrogen and oxygen atoms in total. The molecule has 2 aliphatic rings. The number of aryl methyl sites for hydroxylation is 1. The van der Waals surface area contributed by atoms with Crippen LogP contribution in [-0.2, 0) is 4.74 Å². The van der Waals surface area contributed by atoms with Gasteiger partial charge in [-0.05, 0) is 51.7 Å². The third-order valence-corrected chi connectivity index (χ3v) is 5.98. The van der Waals surface area contributed by atoms with Crippen LogP contribution in [0, 0.1) is 12.8 Å². The molecule has 0 spiro atoms. The van der Waals surface area contributed by atoms with Crippen molar-refractivity contribution in [3.05, 3.63) is 35.9 Å². The van der Waals surface area contributed by atoms with Gasteiger partial charge in [-0.25, -0.2) is 4.98 Å². The number of pyridine rings is 1. The van der Waals surface area contributed by atoms with Crippen molar-refractivity contribution in [3.63, 3.8) is 0 Å². The molecule has 146 valence electrons. The summed E-state index contributed by atoms with van der Waals surface area (Å²) in [5.41, 5.74) is 2.78. The van der Waals surface area contributed by atoms with Gasteiger partial charge < -0.3 is 14.0 Å². The number of hydrogen-bond donors (Lipinski definition) is 0. The van der Waals surface area contributed by atoms with Crippen LogP contribution >= 0.6 is 0 Å². The van der Waals surface area contributed by atoms with E-state index in [1.165, 1.54) is 0 Å². The van der Waals surface area contributed by atoms with Gasteiger partial charge in [-0.2, -0.15) is 0 Å². The molecule has 27 heavy (non-hydrogen) atoms. The van der Waals surface area contributed by atoms with Crippen molar-refractivity contribution in [2.45, 2.75) is 45.8 Å². The normalized spacial score (nSPS) is 25.2. The Morgan fingerprint density at radius 2 is 1.89 bits per heavy atom. The van der Waals surface area contributed by atoms with Crippen molar-refractivity contribution in [1.29, 1.82) is 0 Å². The number of likely N-dealkylation sites (tertiary alicyclic amines) is 1. The highest BCUT2D eigenvalue weighted by atomic mass is 16.5. The summed E-state index contributed by atoms with van der Waals surface area (Å²) in [4.78, 5) is 21.8. The minimum Gasteiger partial charge on any atom is -0.373 e. The number of carbonyl (C=O) groups excluding carboxylic acids is 1. The van der Waals surface area contributed by atoms with Gasteiger partial charge in [-0.15, -0.1) is 0 Å². The van der Waals surface area contributed by atoms with Gasteiger partial charge >= 0.3 is 0 Å². The summed E-state index contributed by atoms with van der Waals surface area (Å²) >= 11 is 0. The molecule has 0 unspecified atom stereocenters. The van der Waals surface area contributed by atoms with E-state index in [0.717, 1.165) is 62.3 Å². The molecule has 4 rings (SSSR count). The lowest BCUT2D eigenvalue weighted by Crippen LogP contribution is -2.48. The van der Waals surface area contributed by atoms with Crippen LogP contribution in [-0.4, -0.2) is 70.0 Å². The first-order valence-electron chi connectivity index (χ1n) is 10.1. The number of nitrogens with zero attached hydrogens (tertiary/aromatic N) is 4. The largest absolute Gasteiger partial charge is 0.373 e. The van der Waals surface area contributed by atoms with Crippen LogP contribution in [0.1, 0.15) is 42.7 Å². The highest BCUT2D eigenvalue weighted by Crippen LogP contribution is 2.23. The zero-order chi connectivity index (χ0) is 19.0. The van der Waals surface area contributed by atoms with E-state index >= 15 is 0 Å². The molecule has 0 bridgehead atoms. The number of carbonyl (C=O) groups is 1. The Morgan fingerprint density at radius 3 is 2.59 bits per heavy atom. The molecule has 2 atom stereocenters. The molecular weight excluding hydrogens is 340 g/mol. The maximum absolute atomic E-state index is 13.0.